The van der Waals surface area contributed by atoms with E-state index in [1.165, 1.54) is 235 Å². The van der Waals surface area contributed by atoms with Gasteiger partial charge in [0.05, 0.1) is 26.4 Å². The fourth-order valence-corrected chi connectivity index (χ4v) is 17.9. The van der Waals surface area contributed by atoms with E-state index in [0.29, 0.717) is 37.9 Å². The van der Waals surface area contributed by atoms with Crippen LogP contribution in [0.15, 0.2) is 36.4 Å². The summed E-state index contributed by atoms with van der Waals surface area (Å²) < 4.78 is 60.5. The molecule has 0 aliphatic rings. The Kier molecular flexibility index (Phi) is 106. The van der Waals surface area contributed by atoms with Gasteiger partial charge in [-0.1, -0.05) is 384 Å². The fraction of sp³-hybridized carbons (Fsp3) is 0.635. The van der Waals surface area contributed by atoms with Crippen molar-refractivity contribution in [3.8, 4) is 160 Å². The van der Waals surface area contributed by atoms with Crippen LogP contribution in [-0.2, 0) is 43.4 Å². The highest BCUT2D eigenvalue weighted by molar-refractivity contribution is 7.42. The van der Waals surface area contributed by atoms with Crippen molar-refractivity contribution in [2.75, 3.05) is 26.4 Å². The van der Waals surface area contributed by atoms with Gasteiger partial charge in [0, 0.05) is 81.8 Å². The van der Waals surface area contributed by atoms with E-state index in [0.717, 1.165) is 110 Å². The average Bonchev–Trinajstić information content (AvgIpc) is 0.757. The third kappa shape index (κ3) is 73.7. The van der Waals surface area contributed by atoms with Crippen molar-refractivity contribution in [2.24, 2.45) is 0 Å². The second kappa shape index (κ2) is 97.5. The molecule has 0 aromatic heterocycles. The Balaban J connectivity index is -0.00000173. The van der Waals surface area contributed by atoms with Crippen LogP contribution in [-0.4, -0.2) is 92.1 Å². The Morgan fingerprint density at radius 2 is 0.432 bits per heavy atom. The molecule has 0 spiro atoms. The summed E-state index contributed by atoms with van der Waals surface area (Å²) in [4.78, 5) is 0. The molecule has 0 radical (unpaired) electrons. The molecule has 0 saturated carbocycles. The van der Waals surface area contributed by atoms with Crippen LogP contribution in [0.25, 0.3) is 0 Å². The van der Waals surface area contributed by atoms with Crippen molar-refractivity contribution in [1.29, 1.82) is 0 Å². The monoisotopic (exact) mass is 2000 g/mol. The lowest BCUT2D eigenvalue weighted by atomic mass is 9.74. The Labute approximate surface area is 848 Å². The van der Waals surface area contributed by atoms with Crippen LogP contribution in [0.5, 0.6) is 17.2 Å². The highest BCUT2D eigenvalue weighted by Crippen LogP contribution is 2.52. The molecule has 0 aliphatic carbocycles. The van der Waals surface area contributed by atoms with E-state index >= 15 is 0 Å². The molecular weight excluding hydrogens is 1810 g/mol. The van der Waals surface area contributed by atoms with E-state index in [-0.39, 0.29) is 88.4 Å². The first-order valence-electron chi connectivity index (χ1n) is 49.1. The maximum Gasteiger partial charge on any atom is 0.472 e. The van der Waals surface area contributed by atoms with E-state index in [2.05, 4.69) is 297 Å². The topological polar surface area (TPSA) is 461 Å². The van der Waals surface area contributed by atoms with Crippen LogP contribution in [0.4, 0.5) is 0 Å². The highest BCUT2D eigenvalue weighted by Gasteiger charge is 2.34. The van der Waals surface area contributed by atoms with Crippen LogP contribution in [0, 0.1) is 163 Å². The summed E-state index contributed by atoms with van der Waals surface area (Å²) >= 11 is 0. The van der Waals surface area contributed by atoms with E-state index in [9.17, 15) is 0 Å². The first-order valence-corrected chi connectivity index (χ1v) is 52.4. The molecule has 0 saturated heterocycles. The normalized spacial score (nSPS) is 10.6. The van der Waals surface area contributed by atoms with Crippen molar-refractivity contribution in [2.45, 2.75) is 449 Å². The Morgan fingerprint density at radius 1 is 0.245 bits per heavy atom. The van der Waals surface area contributed by atoms with Gasteiger partial charge >= 0.3 is 25.8 Å². The molecule has 4 unspecified atom stereocenters. The molecule has 21 nitrogen and oxygen atoms in total. The van der Waals surface area contributed by atoms with Gasteiger partial charge in [0.25, 0.3) is 0 Å². The number of benzene rings is 3. The first-order chi connectivity index (χ1) is 61.5. The van der Waals surface area contributed by atoms with E-state index in [1.807, 2.05) is 0 Å². The van der Waals surface area contributed by atoms with Gasteiger partial charge in [-0.2, -0.15) is 0 Å². The fourth-order valence-electron chi connectivity index (χ4n) is 15.2. The molecule has 3 rings (SSSR count). The van der Waals surface area contributed by atoms with Crippen molar-refractivity contribution in [3.05, 3.63) is 86.5 Å². The summed E-state index contributed by atoms with van der Waals surface area (Å²) in [6.07, 6.45) is 61.2. The summed E-state index contributed by atoms with van der Waals surface area (Å²) in [5, 5.41) is 0. The minimum atomic E-state index is -2.01. The summed E-state index contributed by atoms with van der Waals surface area (Å²) in [5.74, 6) is 61.7. The molecule has 4 atom stereocenters. The number of hydrogen-bond acceptors (Lipinski definition) is 9. The van der Waals surface area contributed by atoms with Gasteiger partial charge in [-0.3, -0.25) is 9.05 Å². The van der Waals surface area contributed by atoms with Crippen molar-refractivity contribution >= 4 is 25.8 Å². The summed E-state index contributed by atoms with van der Waals surface area (Å²) in [6, 6.07) is 13.9. The largest absolute Gasteiger partial charge is 0.472 e. The van der Waals surface area contributed by atoms with Crippen LogP contribution in [0.3, 0.4) is 0 Å². The van der Waals surface area contributed by atoms with Gasteiger partial charge in [0.1, 0.15) is 29.5 Å². The van der Waals surface area contributed by atoms with Crippen molar-refractivity contribution in [1.82, 2.24) is 0 Å². The second-order valence-electron chi connectivity index (χ2n) is 36.9. The van der Waals surface area contributed by atoms with Gasteiger partial charge in [0.15, 0.2) is 0 Å². The molecule has 3 aromatic rings. The summed E-state index contributed by atoms with van der Waals surface area (Å²) in [6.45, 7) is 44.1. The van der Waals surface area contributed by atoms with Gasteiger partial charge in [-0.05, 0) is 200 Å². The zero-order valence-corrected chi connectivity index (χ0v) is 91.5. The Bertz CT molecular complexity index is 4410. The quantitative estimate of drug-likeness (QED) is 0.0294. The van der Waals surface area contributed by atoms with E-state index < -0.39 is 31.2 Å². The number of aryl methyl sites for hydroxylation is 3. The van der Waals surface area contributed by atoms with E-state index in [1.54, 1.807) is 13.8 Å². The molecule has 0 aliphatic heterocycles. The maximum atomic E-state index is 7.24. The summed E-state index contributed by atoms with van der Waals surface area (Å²) in [5.41, 5.74) is 8.98. The van der Waals surface area contributed by atoms with Crippen molar-refractivity contribution in [3.63, 3.8) is 0 Å². The second-order valence-corrected chi connectivity index (χ2v) is 40.1. The minimum Gasteiger partial charge on any atom is -0.426 e. The van der Waals surface area contributed by atoms with Crippen LogP contribution in [0.2, 0.25) is 0 Å². The predicted octanol–water partition coefficient (Wildman–Crippen LogP) is 23.1. The first kappa shape index (κ1) is 151. The number of hydrogen-bond donors (Lipinski definition) is 0. The molecule has 788 valence electrons. The number of rotatable bonds is 65. The molecule has 3 aromatic carbocycles. The molecule has 0 amide bonds. The van der Waals surface area contributed by atoms with Gasteiger partial charge in [0.2, 0.25) is 0 Å². The molecule has 139 heavy (non-hydrogen) atoms. The lowest BCUT2D eigenvalue weighted by Crippen LogP contribution is -2.19. The third-order valence-electron chi connectivity index (χ3n) is 22.4. The van der Waals surface area contributed by atoms with Crippen LogP contribution >= 0.6 is 25.8 Å². The van der Waals surface area contributed by atoms with Gasteiger partial charge in [-0.15, -0.1) is 0 Å². The predicted molar refractivity (Wildman–Crippen MR) is 587 cm³/mol. The van der Waals surface area contributed by atoms with Crippen molar-refractivity contribution < 1.29 is 106 Å². The minimum absolute atomic E-state index is 0. The lowest BCUT2D eigenvalue weighted by Gasteiger charge is -2.32. The lowest BCUT2D eigenvalue weighted by molar-refractivity contribution is 0.197. The van der Waals surface area contributed by atoms with Crippen LogP contribution < -0.4 is 13.6 Å². The Morgan fingerprint density at radius 3 is 0.655 bits per heavy atom. The summed E-state index contributed by atoms with van der Waals surface area (Å²) in [7, 11) is -5.71. The van der Waals surface area contributed by atoms with Gasteiger partial charge < -0.3 is 97.4 Å². The standard InChI is InChI=1S/C115H163O9P3.12H2O/c1-20-26-32-38-44-50-56-62-68-74-80-86-116-125(117-87-81-75-69-63-57-51-45-39-33-27-21-2)122-110-93-100(8)103(96-107(110)113(11,12)13)99(7)92-106(104-97-108(114(14,15)16)111(94-101(104)9)123-126(118-88-82-76-70-64-58-52-46-40-34-28-22-3)119-89-83-77-71-65-59-53-47-41-35-29-23-4)105-98-109(115(17,18)19)112(95-102(105)10)124-127(120-90-84-78-72-66-60-54-48-42-36-30-24-5)121-91-85-79-73-67-61-55-49-43-37-31-25-6;;;;;;;;;;;;/h93-99,106H,20,22-24,26,28-30,32,34-36,38,40-42,44,46-48,50,52-54,56,58-60,62,64-66,68,70-72,74,76-78,80,82-84,86,88-90,92H2,1-19H3;12*1H2. The number of unbranched alkanes of at least 4 members (excludes halogenated alkanes) is 40. The smallest absolute Gasteiger partial charge is 0.426 e. The zero-order valence-electron chi connectivity index (χ0n) is 88.8. The van der Waals surface area contributed by atoms with E-state index in [4.69, 9.17) is 40.7 Å². The highest BCUT2D eigenvalue weighted by atomic mass is 31.2. The average molecular weight is 2000 g/mol. The molecule has 24 heteroatoms. The zero-order chi connectivity index (χ0) is 92.5. The van der Waals surface area contributed by atoms with Crippen LogP contribution in [0.1, 0.15) is 462 Å². The maximum absolute atomic E-state index is 7.24. The third-order valence-corrected chi connectivity index (χ3v) is 25.5. The molecule has 0 heterocycles. The molecule has 24 N–H and O–H groups in total. The molecule has 0 fully saturated rings. The van der Waals surface area contributed by atoms with Gasteiger partial charge in [-0.25, -0.2) is 0 Å². The SMILES string of the molecule is CC#CC#CC#CC#CC#CC#COP(OCCCCCCCCCCCCC)Oc1cc(C)c(C(C)CC(c2cc(C(C)(C)C)c(OP(OC#CC#CC#CC#CC#CC#CC)OCCCCCCCCCCCCC)cc2C)c2cc(C(C)(C)C)c(OP(OCCCCCCCCCCCCC)OCCCCCCCCCCCCC)cc2C)cc1C(C)(C)C.O.O.O.O.O.O.O.O.O.O.O.O. The molecule has 0 bridgehead atoms. The Hall–Kier alpha value is -7.97. The molecular formula is C115H187O21P3.